The van der Waals surface area contributed by atoms with Gasteiger partial charge in [0.15, 0.2) is 5.13 Å². The topological polar surface area (TPSA) is 102 Å². The third-order valence-electron chi connectivity index (χ3n) is 6.40. The van der Waals surface area contributed by atoms with Crippen molar-refractivity contribution in [3.8, 4) is 11.5 Å². The van der Waals surface area contributed by atoms with Crippen LogP contribution in [0.15, 0.2) is 66.4 Å². The summed E-state index contributed by atoms with van der Waals surface area (Å²) in [5.41, 5.74) is 2.37. The number of hydrogen-bond donors (Lipinski definition) is 1. The van der Waals surface area contributed by atoms with E-state index in [0.717, 1.165) is 10.3 Å². The minimum Gasteiger partial charge on any atom is -0.507 e. The Kier molecular flexibility index (Phi) is 6.86. The molecule has 0 bridgehead atoms. The molecule has 1 atom stereocenters. The Balaban J connectivity index is 1.68. The highest BCUT2D eigenvalue weighted by molar-refractivity contribution is 7.22. The molecule has 4 aromatic rings. The van der Waals surface area contributed by atoms with Gasteiger partial charge in [-0.25, -0.2) is 4.98 Å². The van der Waals surface area contributed by atoms with Crippen molar-refractivity contribution < 1.29 is 24.2 Å². The van der Waals surface area contributed by atoms with E-state index in [1.807, 2.05) is 39.0 Å². The molecule has 0 radical (unpaired) electrons. The number of thiazole rings is 1. The number of pyridine rings is 1. The van der Waals surface area contributed by atoms with Crippen molar-refractivity contribution in [3.63, 3.8) is 0 Å². The quantitative estimate of drug-likeness (QED) is 0.182. The second-order valence-electron chi connectivity index (χ2n) is 9.09. The molecule has 0 saturated carbocycles. The van der Waals surface area contributed by atoms with Gasteiger partial charge >= 0.3 is 5.91 Å². The lowest BCUT2D eigenvalue weighted by atomic mass is 9.94. The number of hydrogen-bond acceptors (Lipinski definition) is 8. The maximum Gasteiger partial charge on any atom is 0.301 e. The van der Waals surface area contributed by atoms with Gasteiger partial charge in [0.05, 0.1) is 35.2 Å². The number of rotatable bonds is 7. The Labute approximate surface area is 224 Å². The number of nitrogens with zero attached hydrogens (tertiary/aromatic N) is 3. The van der Waals surface area contributed by atoms with E-state index >= 15 is 0 Å². The zero-order chi connectivity index (χ0) is 27.0. The molecular weight excluding hydrogens is 502 g/mol. The summed E-state index contributed by atoms with van der Waals surface area (Å²) in [5.74, 6) is -0.363. The van der Waals surface area contributed by atoms with Crippen LogP contribution < -0.4 is 14.4 Å². The number of aliphatic hydroxyl groups excluding tert-OH is 1. The number of anilines is 1. The van der Waals surface area contributed by atoms with E-state index in [-0.39, 0.29) is 17.3 Å². The van der Waals surface area contributed by atoms with Crippen LogP contribution in [0.5, 0.6) is 11.5 Å². The fourth-order valence-corrected chi connectivity index (χ4v) is 5.61. The normalized spacial score (nSPS) is 17.0. The summed E-state index contributed by atoms with van der Waals surface area (Å²) >= 11 is 1.27. The third-order valence-corrected chi connectivity index (χ3v) is 7.42. The third kappa shape index (κ3) is 4.39. The lowest BCUT2D eigenvalue weighted by Gasteiger charge is -2.22. The zero-order valence-corrected chi connectivity index (χ0v) is 22.3. The smallest absolute Gasteiger partial charge is 0.301 e. The number of aromatic nitrogens is 2. The van der Waals surface area contributed by atoms with Crippen LogP contribution in [0.2, 0.25) is 0 Å². The van der Waals surface area contributed by atoms with Gasteiger partial charge in [-0.3, -0.25) is 19.5 Å². The first kappa shape index (κ1) is 25.4. The van der Waals surface area contributed by atoms with Crippen molar-refractivity contribution >= 4 is 44.1 Å². The minimum absolute atomic E-state index is 0.0390. The molecule has 1 aliphatic heterocycles. The fraction of sp³-hybridized carbons (Fsp3) is 0.241. The molecule has 1 amide bonds. The van der Waals surface area contributed by atoms with Gasteiger partial charge in [-0.05, 0) is 66.9 Å². The molecule has 3 heterocycles. The zero-order valence-electron chi connectivity index (χ0n) is 21.5. The molecule has 0 aliphatic carbocycles. The number of methoxy groups -OCH3 is 1. The maximum atomic E-state index is 13.5. The number of ether oxygens (including phenoxy) is 2. The van der Waals surface area contributed by atoms with Gasteiger partial charge in [-0.2, -0.15) is 0 Å². The van der Waals surface area contributed by atoms with Gasteiger partial charge in [0.2, 0.25) is 0 Å². The average molecular weight is 530 g/mol. The van der Waals surface area contributed by atoms with Crippen LogP contribution in [0, 0.1) is 0 Å². The molecule has 0 spiro atoms. The number of carbonyl (C=O) groups is 2. The number of Topliss-reactive ketones (excluding diaryl/α,β-unsaturated/α-hetero) is 1. The monoisotopic (exact) mass is 529 g/mol. The lowest BCUT2D eigenvalue weighted by molar-refractivity contribution is -0.132. The van der Waals surface area contributed by atoms with Crippen molar-refractivity contribution in [3.05, 3.63) is 83.2 Å². The second-order valence-corrected chi connectivity index (χ2v) is 10.1. The van der Waals surface area contributed by atoms with E-state index in [9.17, 15) is 14.7 Å². The molecule has 8 nitrogen and oxygen atoms in total. The van der Waals surface area contributed by atoms with E-state index in [0.29, 0.717) is 40.0 Å². The SMILES string of the molecule is CCOc1ccc2nc(N3C(=O)C(=O)/C(=C(/O)c4ccc(OC)c(C(C)C)c4)C3c3ccccn3)sc2c1. The van der Waals surface area contributed by atoms with E-state index in [4.69, 9.17) is 9.47 Å². The highest BCUT2D eigenvalue weighted by Crippen LogP contribution is 2.44. The lowest BCUT2D eigenvalue weighted by Crippen LogP contribution is -2.29. The molecule has 2 aromatic carbocycles. The van der Waals surface area contributed by atoms with Crippen LogP contribution >= 0.6 is 11.3 Å². The van der Waals surface area contributed by atoms with Crippen LogP contribution in [-0.2, 0) is 9.59 Å². The molecule has 1 saturated heterocycles. The number of benzene rings is 2. The Morgan fingerprint density at radius 1 is 1.13 bits per heavy atom. The standard InChI is InChI=1S/C29H27N3O5S/c1-5-37-18-10-11-20-23(15-18)38-29(31-20)32-25(21-8-6-7-13-30-21)24(27(34)28(32)35)26(33)17-9-12-22(36-4)19(14-17)16(2)3/h6-16,25,33H,5H2,1-4H3/b26-24+. The van der Waals surface area contributed by atoms with Crippen LogP contribution in [0.3, 0.4) is 0 Å². The number of fused-ring (bicyclic) bond motifs is 1. The van der Waals surface area contributed by atoms with Crippen LogP contribution in [0.4, 0.5) is 5.13 Å². The van der Waals surface area contributed by atoms with Crippen molar-refractivity contribution in [2.45, 2.75) is 32.7 Å². The summed E-state index contributed by atoms with van der Waals surface area (Å²) < 4.78 is 11.9. The predicted octanol–water partition coefficient (Wildman–Crippen LogP) is 5.85. The Bertz CT molecular complexity index is 1560. The summed E-state index contributed by atoms with van der Waals surface area (Å²) in [4.78, 5) is 37.4. The molecule has 1 aliphatic rings. The summed E-state index contributed by atoms with van der Waals surface area (Å²) in [7, 11) is 1.59. The van der Waals surface area contributed by atoms with E-state index in [1.165, 1.54) is 16.2 Å². The molecule has 194 valence electrons. The number of amides is 1. The summed E-state index contributed by atoms with van der Waals surface area (Å²) in [6.45, 7) is 6.45. The molecular formula is C29H27N3O5S. The second kappa shape index (κ2) is 10.3. The van der Waals surface area contributed by atoms with Gasteiger partial charge in [0, 0.05) is 11.8 Å². The number of carbonyl (C=O) groups excluding carboxylic acids is 2. The first-order valence-electron chi connectivity index (χ1n) is 12.3. The summed E-state index contributed by atoms with van der Waals surface area (Å²) in [6, 6.07) is 15.0. The van der Waals surface area contributed by atoms with Crippen molar-refractivity contribution in [2.75, 3.05) is 18.6 Å². The Morgan fingerprint density at radius 3 is 2.63 bits per heavy atom. The highest BCUT2D eigenvalue weighted by Gasteiger charge is 2.48. The Hall–Kier alpha value is -4.24. The van der Waals surface area contributed by atoms with Gasteiger partial charge in [0.1, 0.15) is 23.3 Å². The first-order valence-corrected chi connectivity index (χ1v) is 13.1. The molecule has 1 unspecified atom stereocenters. The van der Waals surface area contributed by atoms with Crippen molar-refractivity contribution in [2.24, 2.45) is 0 Å². The fourth-order valence-electron chi connectivity index (χ4n) is 4.59. The average Bonchev–Trinajstić information content (AvgIpc) is 3.46. The Morgan fingerprint density at radius 2 is 1.95 bits per heavy atom. The van der Waals surface area contributed by atoms with Gasteiger partial charge in [-0.15, -0.1) is 0 Å². The molecule has 2 aromatic heterocycles. The molecule has 38 heavy (non-hydrogen) atoms. The van der Waals surface area contributed by atoms with Crippen LogP contribution in [0.25, 0.3) is 16.0 Å². The van der Waals surface area contributed by atoms with Gasteiger partial charge < -0.3 is 14.6 Å². The first-order chi connectivity index (χ1) is 18.3. The highest BCUT2D eigenvalue weighted by atomic mass is 32.1. The predicted molar refractivity (Wildman–Crippen MR) is 147 cm³/mol. The van der Waals surface area contributed by atoms with Gasteiger partial charge in [0.25, 0.3) is 5.78 Å². The molecule has 1 N–H and O–H groups in total. The van der Waals surface area contributed by atoms with E-state index in [2.05, 4.69) is 9.97 Å². The molecule has 9 heteroatoms. The maximum absolute atomic E-state index is 13.5. The van der Waals surface area contributed by atoms with Crippen molar-refractivity contribution in [1.82, 2.24) is 9.97 Å². The minimum atomic E-state index is -0.951. The van der Waals surface area contributed by atoms with Crippen LogP contribution in [-0.4, -0.2) is 40.5 Å². The van der Waals surface area contributed by atoms with Gasteiger partial charge in [-0.1, -0.05) is 31.3 Å². The largest absolute Gasteiger partial charge is 0.507 e. The molecule has 5 rings (SSSR count). The van der Waals surface area contributed by atoms with Crippen molar-refractivity contribution in [1.29, 1.82) is 0 Å². The summed E-state index contributed by atoms with van der Waals surface area (Å²) in [6.07, 6.45) is 1.59. The van der Waals surface area contributed by atoms with E-state index in [1.54, 1.807) is 49.7 Å². The number of aliphatic hydroxyl groups is 1. The summed E-state index contributed by atoms with van der Waals surface area (Å²) in [5, 5.41) is 11.8. The number of ketones is 1. The van der Waals surface area contributed by atoms with Crippen LogP contribution in [0.1, 0.15) is 49.6 Å². The van der Waals surface area contributed by atoms with E-state index < -0.39 is 17.7 Å². The molecule has 1 fully saturated rings.